The van der Waals surface area contributed by atoms with Crippen molar-refractivity contribution in [3.63, 3.8) is 0 Å². The van der Waals surface area contributed by atoms with Crippen molar-refractivity contribution in [3.8, 4) is 11.7 Å². The summed E-state index contributed by atoms with van der Waals surface area (Å²) >= 11 is 0. The number of aromatic nitrogens is 2. The zero-order valence-electron chi connectivity index (χ0n) is 10.6. The second-order valence-electron chi connectivity index (χ2n) is 4.28. The molecule has 1 unspecified atom stereocenters. The van der Waals surface area contributed by atoms with Crippen molar-refractivity contribution in [3.05, 3.63) is 23.2 Å². The maximum atomic E-state index is 5.53. The van der Waals surface area contributed by atoms with E-state index in [1.807, 2.05) is 27.0 Å². The molecule has 2 heterocycles. The highest BCUT2D eigenvalue weighted by atomic mass is 16.5. The first-order valence-corrected chi connectivity index (χ1v) is 5.67. The zero-order valence-corrected chi connectivity index (χ0v) is 10.6. The fraction of sp³-hybridized carbons (Fsp3) is 0.500. The van der Waals surface area contributed by atoms with Gasteiger partial charge < -0.3 is 14.3 Å². The third-order valence-electron chi connectivity index (χ3n) is 2.68. The van der Waals surface area contributed by atoms with Gasteiger partial charge >= 0.3 is 0 Å². The Morgan fingerprint density at radius 3 is 2.76 bits per heavy atom. The van der Waals surface area contributed by atoms with Gasteiger partial charge in [-0.15, -0.1) is 0 Å². The van der Waals surface area contributed by atoms with Crippen LogP contribution in [-0.4, -0.2) is 23.2 Å². The normalized spacial score (nSPS) is 12.9. The fourth-order valence-electron chi connectivity index (χ4n) is 1.66. The highest BCUT2D eigenvalue weighted by Gasteiger charge is 2.16. The Morgan fingerprint density at radius 1 is 1.41 bits per heavy atom. The third-order valence-corrected chi connectivity index (χ3v) is 2.68. The second-order valence-corrected chi connectivity index (χ2v) is 4.28. The predicted octanol–water partition coefficient (Wildman–Crippen LogP) is 2.10. The quantitative estimate of drug-likeness (QED) is 0.879. The summed E-state index contributed by atoms with van der Waals surface area (Å²) in [7, 11) is 1.91. The molecule has 0 radical (unpaired) electrons. The summed E-state index contributed by atoms with van der Waals surface area (Å²) < 4.78 is 10.7. The van der Waals surface area contributed by atoms with Crippen molar-refractivity contribution in [1.29, 1.82) is 0 Å². The minimum atomic E-state index is 0.319. The molecule has 0 aliphatic rings. The molecule has 0 saturated heterocycles. The van der Waals surface area contributed by atoms with E-state index in [-0.39, 0.29) is 0 Å². The van der Waals surface area contributed by atoms with Gasteiger partial charge in [-0.2, -0.15) is 4.98 Å². The summed E-state index contributed by atoms with van der Waals surface area (Å²) in [6.07, 6.45) is 0.735. The van der Waals surface area contributed by atoms with Gasteiger partial charge in [0.1, 0.15) is 5.76 Å². The zero-order chi connectivity index (χ0) is 12.4. The molecule has 0 fully saturated rings. The SMILES string of the molecule is CNC(C)Cc1noc(-c2oc(C)cc2C)n1. The Labute approximate surface area is 100 Å². The smallest absolute Gasteiger partial charge is 0.293 e. The molecule has 0 aliphatic carbocycles. The third kappa shape index (κ3) is 2.55. The maximum absolute atomic E-state index is 5.53. The number of rotatable bonds is 4. The van der Waals surface area contributed by atoms with Crippen molar-refractivity contribution < 1.29 is 8.94 Å². The minimum Gasteiger partial charge on any atom is -0.456 e. The first-order valence-electron chi connectivity index (χ1n) is 5.67. The lowest BCUT2D eigenvalue weighted by Gasteiger charge is -2.04. The van der Waals surface area contributed by atoms with Crippen LogP contribution in [0.25, 0.3) is 11.7 Å². The molecule has 2 aromatic heterocycles. The molecule has 2 aromatic rings. The summed E-state index contributed by atoms with van der Waals surface area (Å²) in [6, 6.07) is 2.27. The van der Waals surface area contributed by atoms with E-state index in [4.69, 9.17) is 8.94 Å². The standard InChI is InChI=1S/C12H17N3O2/c1-7-5-9(3)16-11(7)12-14-10(15-17-12)6-8(2)13-4/h5,8,13H,6H2,1-4H3. The number of furan rings is 1. The Morgan fingerprint density at radius 2 is 2.18 bits per heavy atom. The highest BCUT2D eigenvalue weighted by Crippen LogP contribution is 2.24. The molecule has 5 nitrogen and oxygen atoms in total. The van der Waals surface area contributed by atoms with Gasteiger partial charge in [0.25, 0.3) is 5.89 Å². The first kappa shape index (κ1) is 11.9. The summed E-state index contributed by atoms with van der Waals surface area (Å²) in [6.45, 7) is 5.93. The topological polar surface area (TPSA) is 64.1 Å². The van der Waals surface area contributed by atoms with Gasteiger partial charge in [0.2, 0.25) is 0 Å². The van der Waals surface area contributed by atoms with E-state index in [0.717, 1.165) is 17.7 Å². The van der Waals surface area contributed by atoms with Gasteiger partial charge in [-0.1, -0.05) is 5.16 Å². The lowest BCUT2D eigenvalue weighted by Crippen LogP contribution is -2.24. The van der Waals surface area contributed by atoms with Gasteiger partial charge in [-0.05, 0) is 33.9 Å². The fourth-order valence-corrected chi connectivity index (χ4v) is 1.66. The van der Waals surface area contributed by atoms with E-state index in [1.165, 1.54) is 0 Å². The first-order chi connectivity index (χ1) is 8.10. The molecule has 0 aromatic carbocycles. The summed E-state index contributed by atoms with van der Waals surface area (Å²) in [4.78, 5) is 4.33. The molecule has 0 aliphatic heterocycles. The van der Waals surface area contributed by atoms with E-state index in [9.17, 15) is 0 Å². The van der Waals surface area contributed by atoms with E-state index < -0.39 is 0 Å². The molecule has 0 bridgehead atoms. The number of nitrogens with one attached hydrogen (secondary N) is 1. The van der Waals surface area contributed by atoms with Crippen LogP contribution in [0.2, 0.25) is 0 Å². The Kier molecular flexibility index (Phi) is 3.28. The summed E-state index contributed by atoms with van der Waals surface area (Å²) in [5.41, 5.74) is 1.01. The van der Waals surface area contributed by atoms with Crippen LogP contribution in [0.3, 0.4) is 0 Å². The van der Waals surface area contributed by atoms with Crippen LogP contribution in [-0.2, 0) is 6.42 Å². The molecule has 2 rings (SSSR count). The van der Waals surface area contributed by atoms with Crippen LogP contribution in [0.1, 0.15) is 24.1 Å². The highest BCUT2D eigenvalue weighted by molar-refractivity contribution is 5.50. The lowest BCUT2D eigenvalue weighted by molar-refractivity contribution is 0.403. The number of hydrogen-bond acceptors (Lipinski definition) is 5. The molecule has 1 atom stereocenters. The molecule has 92 valence electrons. The van der Waals surface area contributed by atoms with Crippen molar-refractivity contribution in [2.24, 2.45) is 0 Å². The van der Waals surface area contributed by atoms with Crippen molar-refractivity contribution >= 4 is 0 Å². The minimum absolute atomic E-state index is 0.319. The van der Waals surface area contributed by atoms with Gasteiger partial charge in [0.15, 0.2) is 11.6 Å². The molecule has 0 amide bonds. The molecule has 5 heteroatoms. The molecule has 0 saturated carbocycles. The monoisotopic (exact) mass is 235 g/mol. The van der Waals surface area contributed by atoms with Crippen LogP contribution in [0.15, 0.2) is 15.0 Å². The van der Waals surface area contributed by atoms with Crippen LogP contribution in [0.4, 0.5) is 0 Å². The average molecular weight is 235 g/mol. The largest absolute Gasteiger partial charge is 0.456 e. The number of hydrogen-bond donors (Lipinski definition) is 1. The summed E-state index contributed by atoms with van der Waals surface area (Å²) in [5, 5.41) is 7.08. The van der Waals surface area contributed by atoms with E-state index >= 15 is 0 Å². The van der Waals surface area contributed by atoms with E-state index in [1.54, 1.807) is 0 Å². The Balaban J connectivity index is 2.21. The molecular weight excluding hydrogens is 218 g/mol. The van der Waals surface area contributed by atoms with Crippen LogP contribution >= 0.6 is 0 Å². The van der Waals surface area contributed by atoms with Gasteiger partial charge in [0.05, 0.1) is 0 Å². The number of aryl methyl sites for hydroxylation is 2. The van der Waals surface area contributed by atoms with E-state index in [0.29, 0.717) is 23.5 Å². The summed E-state index contributed by atoms with van der Waals surface area (Å²) in [5.74, 6) is 2.66. The second kappa shape index (κ2) is 4.71. The molecular formula is C12H17N3O2. The van der Waals surface area contributed by atoms with Gasteiger partial charge in [-0.25, -0.2) is 0 Å². The lowest BCUT2D eigenvalue weighted by atomic mass is 10.2. The Bertz CT molecular complexity index is 502. The van der Waals surface area contributed by atoms with Crippen molar-refractivity contribution in [1.82, 2.24) is 15.5 Å². The van der Waals surface area contributed by atoms with Crippen LogP contribution in [0, 0.1) is 13.8 Å². The van der Waals surface area contributed by atoms with Crippen LogP contribution < -0.4 is 5.32 Å². The van der Waals surface area contributed by atoms with Gasteiger partial charge in [0, 0.05) is 18.0 Å². The molecule has 17 heavy (non-hydrogen) atoms. The number of likely N-dealkylation sites (N-methyl/N-ethyl adjacent to an activating group) is 1. The number of nitrogens with zero attached hydrogens (tertiary/aromatic N) is 2. The van der Waals surface area contributed by atoms with Crippen molar-refractivity contribution in [2.45, 2.75) is 33.2 Å². The van der Waals surface area contributed by atoms with Crippen molar-refractivity contribution in [2.75, 3.05) is 7.05 Å². The molecule has 1 N–H and O–H groups in total. The average Bonchev–Trinajstić information content (AvgIpc) is 2.85. The maximum Gasteiger partial charge on any atom is 0.293 e. The van der Waals surface area contributed by atoms with Crippen LogP contribution in [0.5, 0.6) is 0 Å². The Hall–Kier alpha value is -1.62. The predicted molar refractivity (Wildman–Crippen MR) is 63.7 cm³/mol. The van der Waals surface area contributed by atoms with Gasteiger partial charge in [-0.3, -0.25) is 0 Å². The molecule has 0 spiro atoms. The van der Waals surface area contributed by atoms with E-state index in [2.05, 4.69) is 22.4 Å².